The van der Waals surface area contributed by atoms with E-state index in [9.17, 15) is 14.4 Å². The van der Waals surface area contributed by atoms with E-state index in [0.717, 1.165) is 22.9 Å². The number of rotatable bonds is 3. The second-order valence-corrected chi connectivity index (χ2v) is 8.54. The summed E-state index contributed by atoms with van der Waals surface area (Å²) in [6.07, 6.45) is 5.08. The summed E-state index contributed by atoms with van der Waals surface area (Å²) in [7, 11) is 0. The van der Waals surface area contributed by atoms with Crippen molar-refractivity contribution in [3.8, 4) is 0 Å². The molecule has 4 atom stereocenters. The quantitative estimate of drug-likeness (QED) is 0.516. The Kier molecular flexibility index (Phi) is 3.87. The van der Waals surface area contributed by atoms with Crippen molar-refractivity contribution < 1.29 is 14.4 Å². The first kappa shape index (κ1) is 18.1. The van der Waals surface area contributed by atoms with Gasteiger partial charge in [-0.15, -0.1) is 0 Å². The molecular formula is C26H20N2O3. The molecule has 1 saturated heterocycles. The van der Waals surface area contributed by atoms with E-state index in [1.165, 1.54) is 4.90 Å². The highest BCUT2D eigenvalue weighted by atomic mass is 16.2. The monoisotopic (exact) mass is 408 g/mol. The number of carbonyl (C=O) groups is 3. The highest BCUT2D eigenvalue weighted by molar-refractivity contribution is 6.23. The Labute approximate surface area is 179 Å². The first-order valence-electron chi connectivity index (χ1n) is 10.6. The molecule has 1 aliphatic heterocycles. The van der Waals surface area contributed by atoms with Crippen LogP contribution in [0.25, 0.3) is 10.8 Å². The molecule has 5 nitrogen and oxygen atoms in total. The number of fused-ring (bicyclic) bond motifs is 6. The lowest BCUT2D eigenvalue weighted by molar-refractivity contribution is -0.123. The SMILES string of the molecule is O=C(Nc1cccc2ccccc12)c1ccc(N2C(=O)C3C4C=CC(C4)C3C2=O)cc1. The fraction of sp³-hybridized carbons (Fsp3) is 0.192. The highest BCUT2D eigenvalue weighted by Gasteiger charge is 2.59. The second-order valence-electron chi connectivity index (χ2n) is 8.54. The van der Waals surface area contributed by atoms with Gasteiger partial charge in [0.25, 0.3) is 5.91 Å². The number of nitrogens with one attached hydrogen (secondary N) is 1. The lowest BCUT2D eigenvalue weighted by atomic mass is 9.85. The van der Waals surface area contributed by atoms with Gasteiger partial charge in [-0.3, -0.25) is 19.3 Å². The van der Waals surface area contributed by atoms with Crippen molar-refractivity contribution in [1.29, 1.82) is 0 Å². The molecule has 3 aromatic rings. The maximum atomic E-state index is 13.0. The van der Waals surface area contributed by atoms with E-state index in [1.807, 2.05) is 42.5 Å². The van der Waals surface area contributed by atoms with Gasteiger partial charge >= 0.3 is 0 Å². The summed E-state index contributed by atoms with van der Waals surface area (Å²) in [5.74, 6) is -0.543. The highest BCUT2D eigenvalue weighted by Crippen LogP contribution is 2.53. The molecule has 2 bridgehead atoms. The van der Waals surface area contributed by atoms with Crippen LogP contribution in [0.15, 0.2) is 78.9 Å². The summed E-state index contributed by atoms with van der Waals surface area (Å²) >= 11 is 0. The molecule has 1 saturated carbocycles. The van der Waals surface area contributed by atoms with Crippen molar-refractivity contribution in [2.75, 3.05) is 10.2 Å². The zero-order valence-electron chi connectivity index (χ0n) is 16.7. The Morgan fingerprint density at radius 1 is 0.806 bits per heavy atom. The van der Waals surface area contributed by atoms with Crippen LogP contribution in [0.1, 0.15) is 16.8 Å². The predicted molar refractivity (Wildman–Crippen MR) is 119 cm³/mol. The van der Waals surface area contributed by atoms with Crippen LogP contribution in [-0.4, -0.2) is 17.7 Å². The summed E-state index contributed by atoms with van der Waals surface area (Å²) in [5, 5.41) is 4.99. The van der Waals surface area contributed by atoms with Crippen molar-refractivity contribution in [3.63, 3.8) is 0 Å². The molecule has 3 aromatic carbocycles. The van der Waals surface area contributed by atoms with Gasteiger partial charge < -0.3 is 5.32 Å². The van der Waals surface area contributed by atoms with E-state index in [0.29, 0.717) is 11.3 Å². The normalized spacial score (nSPS) is 26.0. The van der Waals surface area contributed by atoms with E-state index in [-0.39, 0.29) is 41.4 Å². The first-order valence-corrected chi connectivity index (χ1v) is 10.6. The molecule has 0 radical (unpaired) electrons. The van der Waals surface area contributed by atoms with Crippen molar-refractivity contribution in [3.05, 3.63) is 84.4 Å². The number of imide groups is 1. The lowest BCUT2D eigenvalue weighted by Crippen LogP contribution is -2.32. The smallest absolute Gasteiger partial charge is 0.255 e. The molecule has 6 rings (SSSR count). The molecule has 5 heteroatoms. The number of anilines is 2. The van der Waals surface area contributed by atoms with E-state index in [2.05, 4.69) is 17.5 Å². The molecule has 3 amide bonds. The van der Waals surface area contributed by atoms with E-state index in [4.69, 9.17) is 0 Å². The third kappa shape index (κ3) is 2.66. The average Bonchev–Trinajstić information content (AvgIpc) is 3.48. The van der Waals surface area contributed by atoms with Crippen LogP contribution in [0.2, 0.25) is 0 Å². The molecule has 1 N–H and O–H groups in total. The first-order chi connectivity index (χ1) is 15.1. The number of nitrogens with zero attached hydrogens (tertiary/aromatic N) is 1. The molecule has 31 heavy (non-hydrogen) atoms. The van der Waals surface area contributed by atoms with Gasteiger partial charge in [0, 0.05) is 16.6 Å². The van der Waals surface area contributed by atoms with Crippen LogP contribution in [-0.2, 0) is 9.59 Å². The van der Waals surface area contributed by atoms with Gasteiger partial charge in [-0.25, -0.2) is 0 Å². The van der Waals surface area contributed by atoms with Crippen LogP contribution in [0, 0.1) is 23.7 Å². The van der Waals surface area contributed by atoms with Gasteiger partial charge in [0.15, 0.2) is 0 Å². The Bertz CT molecular complexity index is 1240. The van der Waals surface area contributed by atoms with Crippen molar-refractivity contribution in [2.45, 2.75) is 6.42 Å². The number of hydrogen-bond acceptors (Lipinski definition) is 3. The third-order valence-corrected chi connectivity index (χ3v) is 6.90. The summed E-state index contributed by atoms with van der Waals surface area (Å²) in [6.45, 7) is 0. The van der Waals surface area contributed by atoms with Crippen LogP contribution in [0.3, 0.4) is 0 Å². The minimum absolute atomic E-state index is 0.111. The van der Waals surface area contributed by atoms with Gasteiger partial charge in [0.05, 0.1) is 17.5 Å². The minimum Gasteiger partial charge on any atom is -0.321 e. The molecule has 0 aromatic heterocycles. The van der Waals surface area contributed by atoms with Gasteiger partial charge in [0.1, 0.15) is 0 Å². The lowest BCUT2D eigenvalue weighted by Gasteiger charge is -2.17. The van der Waals surface area contributed by atoms with Gasteiger partial charge in [-0.2, -0.15) is 0 Å². The van der Waals surface area contributed by atoms with Crippen molar-refractivity contribution in [2.24, 2.45) is 23.7 Å². The van der Waals surface area contributed by atoms with Crippen molar-refractivity contribution >= 4 is 39.9 Å². The number of allylic oxidation sites excluding steroid dienone is 2. The van der Waals surface area contributed by atoms with Crippen LogP contribution >= 0.6 is 0 Å². The molecule has 2 aliphatic carbocycles. The van der Waals surface area contributed by atoms with E-state index < -0.39 is 0 Å². The topological polar surface area (TPSA) is 66.5 Å². The van der Waals surface area contributed by atoms with Crippen molar-refractivity contribution in [1.82, 2.24) is 0 Å². The number of hydrogen-bond donors (Lipinski definition) is 1. The van der Waals surface area contributed by atoms with Gasteiger partial charge in [-0.1, -0.05) is 48.6 Å². The summed E-state index contributed by atoms with van der Waals surface area (Å²) in [4.78, 5) is 40.0. The summed E-state index contributed by atoms with van der Waals surface area (Å²) in [5.41, 5.74) is 1.75. The minimum atomic E-state index is -0.235. The fourth-order valence-corrected chi connectivity index (χ4v) is 5.45. The molecule has 0 spiro atoms. The average molecular weight is 408 g/mol. The number of benzene rings is 3. The van der Waals surface area contributed by atoms with Gasteiger partial charge in [0.2, 0.25) is 11.8 Å². The Balaban J connectivity index is 1.24. The third-order valence-electron chi connectivity index (χ3n) is 6.90. The maximum Gasteiger partial charge on any atom is 0.255 e. The van der Waals surface area contributed by atoms with E-state index >= 15 is 0 Å². The number of carbonyl (C=O) groups excluding carboxylic acids is 3. The molecule has 3 aliphatic rings. The molecule has 4 unspecified atom stereocenters. The second kappa shape index (κ2) is 6.64. The predicted octanol–water partition coefficient (Wildman–Crippen LogP) is 4.40. The zero-order valence-corrected chi connectivity index (χ0v) is 16.7. The maximum absolute atomic E-state index is 13.0. The van der Waals surface area contributed by atoms with E-state index in [1.54, 1.807) is 24.3 Å². The molecular weight excluding hydrogens is 388 g/mol. The number of amides is 3. The Hall–Kier alpha value is -3.73. The molecule has 152 valence electrons. The molecule has 1 heterocycles. The van der Waals surface area contributed by atoms with Crippen LogP contribution in [0.5, 0.6) is 0 Å². The fourth-order valence-electron chi connectivity index (χ4n) is 5.45. The van der Waals surface area contributed by atoms with Crippen LogP contribution < -0.4 is 10.2 Å². The van der Waals surface area contributed by atoms with Gasteiger partial charge in [-0.05, 0) is 54.0 Å². The summed E-state index contributed by atoms with van der Waals surface area (Å²) < 4.78 is 0. The Morgan fingerprint density at radius 2 is 1.45 bits per heavy atom. The largest absolute Gasteiger partial charge is 0.321 e. The van der Waals surface area contributed by atoms with Crippen LogP contribution in [0.4, 0.5) is 11.4 Å². The molecule has 2 fully saturated rings. The standard InChI is InChI=1S/C26H20N2O3/c29-24(27-21-7-3-5-15-4-1-2-6-20(15)21)16-10-12-19(13-11-16)28-25(30)22-17-8-9-18(14-17)23(22)26(28)31/h1-13,17-18,22-23H,14H2,(H,27,29). The zero-order chi connectivity index (χ0) is 21.1. The Morgan fingerprint density at radius 3 is 2.16 bits per heavy atom. The summed E-state index contributed by atoms with van der Waals surface area (Å²) in [6, 6.07) is 20.3.